The zero-order valence-electron chi connectivity index (χ0n) is 44.0. The lowest BCUT2D eigenvalue weighted by Crippen LogP contribution is -2.11. The highest BCUT2D eigenvalue weighted by atomic mass is 15.1. The number of hydrogen-bond acceptors (Lipinski definition) is 2. The summed E-state index contributed by atoms with van der Waals surface area (Å²) in [5.41, 5.74) is 17.5. The lowest BCUT2D eigenvalue weighted by molar-refractivity contribution is 0.922. The highest BCUT2D eigenvalue weighted by Crippen LogP contribution is 2.49. The summed E-state index contributed by atoms with van der Waals surface area (Å²) >= 11 is 0. The van der Waals surface area contributed by atoms with Crippen molar-refractivity contribution in [2.24, 2.45) is 0 Å². The summed E-state index contributed by atoms with van der Waals surface area (Å²) in [5.74, 6) is 0. The van der Waals surface area contributed by atoms with Crippen molar-refractivity contribution in [1.29, 1.82) is 10.5 Å². The van der Waals surface area contributed by atoms with Gasteiger partial charge in [0.2, 0.25) is 5.69 Å². The molecule has 0 unspecified atom stereocenters. The highest BCUT2D eigenvalue weighted by Gasteiger charge is 2.33. The van der Waals surface area contributed by atoms with Gasteiger partial charge in [0.1, 0.15) is 12.1 Å². The Morgan fingerprint density at radius 2 is 0.628 bits per heavy atom. The monoisotopic (exact) mass is 1000 g/mol. The van der Waals surface area contributed by atoms with Crippen LogP contribution in [0.3, 0.4) is 0 Å². The molecule has 372 valence electrons. The zero-order valence-corrected chi connectivity index (χ0v) is 44.0. The SMILES string of the molecule is [C-]#[N+]c1c(-n2c3ccccc3c3cc(-c4ccc(CCC)cc4)ccc32)c(C#N)c(-n2c3ccccc3c3cc(-c4ccc(CCC)cc4)ccc32)c(C#N)c1-n1c2ccccc2c2cc(-c3ccc(CCC)cc3)ccc21. The largest absolute Gasteiger partial charge is 0.318 e. The molecule has 0 aliphatic carbocycles. The van der Waals surface area contributed by atoms with Gasteiger partial charge in [0, 0.05) is 32.3 Å². The van der Waals surface area contributed by atoms with E-state index in [1.54, 1.807) is 0 Å². The molecule has 13 rings (SSSR count). The highest BCUT2D eigenvalue weighted by molar-refractivity contribution is 6.15. The predicted octanol–water partition coefficient (Wildman–Crippen LogP) is 19.1. The Morgan fingerprint density at radius 1 is 0.346 bits per heavy atom. The lowest BCUT2D eigenvalue weighted by Gasteiger charge is -2.23. The fourth-order valence-electron chi connectivity index (χ4n) is 12.3. The van der Waals surface area contributed by atoms with Gasteiger partial charge >= 0.3 is 0 Å². The number of aromatic nitrogens is 3. The van der Waals surface area contributed by atoms with E-state index < -0.39 is 0 Å². The van der Waals surface area contributed by atoms with Crippen LogP contribution in [0.15, 0.2) is 200 Å². The third-order valence-electron chi connectivity index (χ3n) is 15.9. The standard InChI is InChI=1S/C72H54N6/c1-5-14-46-23-29-49(30-24-46)52-35-38-66-58(41-52)55-17-8-11-20-63(55)76(66)70-61(44-73)71(77-64-21-12-9-18-56(64)59-42-53(36-39-67(59)77)50-31-25-47(15-6-2)26-32-50)69(75-4)72(62(70)45-74)78-65-22-13-10-19-57(65)60-43-54(37-40-68(60)78)51-33-27-48(16-7-3)28-34-51/h8-13,17-43H,5-7,14-16H2,1-3H3. The summed E-state index contributed by atoms with van der Waals surface area (Å²) in [6.45, 7) is 16.0. The summed E-state index contributed by atoms with van der Waals surface area (Å²) in [7, 11) is 0. The maximum absolute atomic E-state index is 12.1. The first-order chi connectivity index (χ1) is 38.4. The van der Waals surface area contributed by atoms with E-state index >= 15 is 0 Å². The van der Waals surface area contributed by atoms with Gasteiger partial charge in [-0.1, -0.05) is 186 Å². The molecular formula is C72H54N6. The van der Waals surface area contributed by atoms with E-state index in [0.717, 1.165) is 137 Å². The van der Waals surface area contributed by atoms with Gasteiger partial charge in [-0.15, -0.1) is 0 Å². The maximum Gasteiger partial charge on any atom is 0.236 e. The Morgan fingerprint density at radius 3 is 0.923 bits per heavy atom. The smallest absolute Gasteiger partial charge is 0.236 e. The normalized spacial score (nSPS) is 11.5. The molecule has 6 nitrogen and oxygen atoms in total. The van der Waals surface area contributed by atoms with E-state index in [9.17, 15) is 17.1 Å². The number of rotatable bonds is 12. The van der Waals surface area contributed by atoms with Crippen LogP contribution in [0.5, 0.6) is 0 Å². The molecule has 0 bridgehead atoms. The molecule has 0 aliphatic rings. The molecule has 0 fully saturated rings. The van der Waals surface area contributed by atoms with Crippen molar-refractivity contribution >= 4 is 71.1 Å². The number of nitriles is 2. The molecule has 78 heavy (non-hydrogen) atoms. The van der Waals surface area contributed by atoms with Gasteiger partial charge in [0.15, 0.2) is 0 Å². The minimum Gasteiger partial charge on any atom is -0.318 e. The average Bonchev–Trinajstić information content (AvgIpc) is 4.29. The zero-order chi connectivity index (χ0) is 53.0. The van der Waals surface area contributed by atoms with Gasteiger partial charge in [-0.25, -0.2) is 4.85 Å². The molecule has 0 radical (unpaired) electrons. The second-order valence-electron chi connectivity index (χ2n) is 20.6. The number of hydrogen-bond donors (Lipinski definition) is 0. The first-order valence-corrected chi connectivity index (χ1v) is 27.2. The van der Waals surface area contributed by atoms with Gasteiger partial charge in [-0.3, -0.25) is 0 Å². The van der Waals surface area contributed by atoms with Gasteiger partial charge in [0.25, 0.3) is 0 Å². The van der Waals surface area contributed by atoms with E-state index in [4.69, 9.17) is 0 Å². The minimum absolute atomic E-state index is 0.206. The van der Waals surface area contributed by atoms with Gasteiger partial charge < -0.3 is 13.7 Å². The molecule has 6 heteroatoms. The Kier molecular flexibility index (Phi) is 12.0. The number of aryl methyl sites for hydroxylation is 3. The molecule has 3 aromatic heterocycles. The summed E-state index contributed by atoms with van der Waals surface area (Å²) in [6.07, 6.45) is 6.32. The summed E-state index contributed by atoms with van der Waals surface area (Å²) < 4.78 is 6.33. The molecular weight excluding hydrogens is 949 g/mol. The van der Waals surface area contributed by atoms with Crippen molar-refractivity contribution in [3.63, 3.8) is 0 Å². The summed E-state index contributed by atoms with van der Waals surface area (Å²) in [4.78, 5) is 4.51. The average molecular weight is 1000 g/mol. The second kappa shape index (κ2) is 19.6. The van der Waals surface area contributed by atoms with Crippen LogP contribution in [0.25, 0.3) is 121 Å². The third kappa shape index (κ3) is 7.66. The number of fused-ring (bicyclic) bond motifs is 9. The van der Waals surface area contributed by atoms with Gasteiger partial charge in [0.05, 0.1) is 67.9 Å². The van der Waals surface area contributed by atoms with Crippen LogP contribution < -0.4 is 0 Å². The molecule has 0 saturated carbocycles. The first-order valence-electron chi connectivity index (χ1n) is 27.2. The van der Waals surface area contributed by atoms with E-state index in [1.165, 1.54) is 16.7 Å². The van der Waals surface area contributed by atoms with Crippen LogP contribution in [0.2, 0.25) is 0 Å². The number of benzene rings is 10. The molecule has 0 amide bonds. The molecule has 10 aromatic carbocycles. The van der Waals surface area contributed by atoms with E-state index in [0.29, 0.717) is 17.1 Å². The lowest BCUT2D eigenvalue weighted by atomic mass is 9.98. The molecule has 0 saturated heterocycles. The van der Waals surface area contributed by atoms with Crippen molar-refractivity contribution in [1.82, 2.24) is 13.7 Å². The Balaban J connectivity index is 1.15. The molecule has 0 atom stereocenters. The Hall–Kier alpha value is -9.93. The van der Waals surface area contributed by atoms with Crippen LogP contribution in [0.1, 0.15) is 67.9 Å². The van der Waals surface area contributed by atoms with E-state index in [-0.39, 0.29) is 16.8 Å². The second-order valence-corrected chi connectivity index (χ2v) is 20.6. The molecule has 0 N–H and O–H groups in total. The third-order valence-corrected chi connectivity index (χ3v) is 15.9. The van der Waals surface area contributed by atoms with E-state index in [1.807, 2.05) is 36.4 Å². The molecule has 13 aromatic rings. The van der Waals surface area contributed by atoms with Crippen molar-refractivity contribution < 1.29 is 0 Å². The van der Waals surface area contributed by atoms with Crippen LogP contribution in [-0.4, -0.2) is 13.7 Å². The van der Waals surface area contributed by atoms with Gasteiger partial charge in [-0.05, 0) is 124 Å². The molecule has 3 heterocycles. The minimum atomic E-state index is 0.206. The van der Waals surface area contributed by atoms with Crippen molar-refractivity contribution in [3.8, 4) is 62.6 Å². The number of nitrogens with zero attached hydrogens (tertiary/aromatic N) is 6. The van der Waals surface area contributed by atoms with Crippen LogP contribution >= 0.6 is 0 Å². The fraction of sp³-hybridized carbons (Fsp3) is 0.125. The number of para-hydroxylation sites is 3. The summed E-state index contributed by atoms with van der Waals surface area (Å²) in [5, 5.41) is 30.1. The van der Waals surface area contributed by atoms with Crippen LogP contribution in [0.4, 0.5) is 5.69 Å². The Labute approximate surface area is 454 Å². The molecule has 0 aliphatic heterocycles. The molecule has 0 spiro atoms. The van der Waals surface area contributed by atoms with Crippen molar-refractivity contribution in [2.45, 2.75) is 59.3 Å². The quantitative estimate of drug-likeness (QED) is 0.114. The van der Waals surface area contributed by atoms with Crippen LogP contribution in [0, 0.1) is 29.2 Å². The predicted molar refractivity (Wildman–Crippen MR) is 323 cm³/mol. The van der Waals surface area contributed by atoms with Gasteiger partial charge in [-0.2, -0.15) is 10.5 Å². The van der Waals surface area contributed by atoms with Crippen molar-refractivity contribution in [3.05, 3.63) is 239 Å². The Bertz CT molecular complexity index is 4160. The van der Waals surface area contributed by atoms with E-state index in [2.05, 4.69) is 215 Å². The fourth-order valence-corrected chi connectivity index (χ4v) is 12.3. The first kappa shape index (κ1) is 47.8. The van der Waals surface area contributed by atoms with Crippen molar-refractivity contribution in [2.75, 3.05) is 0 Å². The topological polar surface area (TPSA) is 66.7 Å². The summed E-state index contributed by atoms with van der Waals surface area (Å²) in [6, 6.07) is 76.2. The maximum atomic E-state index is 12.1. The van der Waals surface area contributed by atoms with Crippen LogP contribution in [-0.2, 0) is 19.3 Å².